The molecule has 0 unspecified atom stereocenters. The lowest BCUT2D eigenvalue weighted by Gasteiger charge is -2.62. The van der Waals surface area contributed by atoms with Crippen LogP contribution in [0.2, 0.25) is 0 Å². The van der Waals surface area contributed by atoms with E-state index in [0.29, 0.717) is 23.7 Å². The van der Waals surface area contributed by atoms with Gasteiger partial charge in [-0.3, -0.25) is 4.79 Å². The number of ether oxygens (including phenoxy) is 1. The quantitative estimate of drug-likeness (QED) is 0.213. The van der Waals surface area contributed by atoms with Gasteiger partial charge in [0.2, 0.25) is 0 Å². The Hall–Kier alpha value is -2.61. The van der Waals surface area contributed by atoms with Gasteiger partial charge in [0.1, 0.15) is 6.10 Å². The molecule has 0 heterocycles. The predicted molar refractivity (Wildman–Crippen MR) is 197 cm³/mol. The monoisotopic (exact) mass is 634 g/mol. The highest BCUT2D eigenvalue weighted by atomic mass is 16.5. The number of benzene rings is 2. The molecule has 0 radical (unpaired) electrons. The molecule has 4 aliphatic carbocycles. The van der Waals surface area contributed by atoms with Crippen LogP contribution >= 0.6 is 0 Å². The third-order valence-electron chi connectivity index (χ3n) is 14.9. The van der Waals surface area contributed by atoms with E-state index in [9.17, 15) is 4.79 Å². The molecule has 254 valence electrons. The second-order valence-electron chi connectivity index (χ2n) is 17.7. The average Bonchev–Trinajstić information content (AvgIpc) is 3.32. The second-order valence-corrected chi connectivity index (χ2v) is 17.7. The Balaban J connectivity index is 1.45. The van der Waals surface area contributed by atoms with Gasteiger partial charge in [0.15, 0.2) is 0 Å². The van der Waals surface area contributed by atoms with Gasteiger partial charge in [0.05, 0.1) is 0 Å². The Labute approximate surface area is 286 Å². The molecule has 0 spiro atoms. The summed E-state index contributed by atoms with van der Waals surface area (Å²) in [4.78, 5) is 12.1. The Morgan fingerprint density at radius 1 is 0.787 bits per heavy atom. The van der Waals surface area contributed by atoms with Crippen molar-refractivity contribution in [2.75, 3.05) is 0 Å². The van der Waals surface area contributed by atoms with Crippen molar-refractivity contribution < 1.29 is 9.53 Å². The van der Waals surface area contributed by atoms with Crippen LogP contribution in [0.4, 0.5) is 0 Å². The van der Waals surface area contributed by atoms with Crippen LogP contribution in [0.3, 0.4) is 0 Å². The number of hydrogen-bond acceptors (Lipinski definition) is 2. The Bertz CT molecular complexity index is 1470. The van der Waals surface area contributed by atoms with Crippen molar-refractivity contribution in [1.82, 2.24) is 0 Å². The third-order valence-corrected chi connectivity index (χ3v) is 14.9. The van der Waals surface area contributed by atoms with Gasteiger partial charge in [-0.25, -0.2) is 0 Å². The van der Waals surface area contributed by atoms with Gasteiger partial charge in [-0.2, -0.15) is 0 Å². The number of carbonyl (C=O) groups excluding carboxylic acids is 1. The molecular weight excluding hydrogens is 572 g/mol. The summed E-state index contributed by atoms with van der Waals surface area (Å²) >= 11 is 0. The van der Waals surface area contributed by atoms with Crippen LogP contribution in [-0.2, 0) is 9.53 Å². The number of esters is 1. The van der Waals surface area contributed by atoms with E-state index in [-0.39, 0.29) is 33.7 Å². The van der Waals surface area contributed by atoms with Crippen molar-refractivity contribution in [1.29, 1.82) is 0 Å². The van der Waals surface area contributed by atoms with Crippen LogP contribution in [0, 0.1) is 45.3 Å². The lowest BCUT2D eigenvalue weighted by atomic mass is 9.43. The van der Waals surface area contributed by atoms with Crippen molar-refractivity contribution in [2.45, 2.75) is 133 Å². The maximum absolute atomic E-state index is 12.1. The predicted octanol–water partition coefficient (Wildman–Crippen LogP) is 12.2. The smallest absolute Gasteiger partial charge is 0.302 e. The van der Waals surface area contributed by atoms with Crippen molar-refractivity contribution >= 4 is 11.5 Å². The molecular formula is C45H62O2. The van der Waals surface area contributed by atoms with Gasteiger partial charge in [0.25, 0.3) is 0 Å². The first-order chi connectivity index (χ1) is 22.2. The first-order valence-corrected chi connectivity index (χ1v) is 19.0. The summed E-state index contributed by atoms with van der Waals surface area (Å²) in [6.45, 7) is 21.6. The van der Waals surface area contributed by atoms with E-state index in [0.717, 1.165) is 12.8 Å². The summed E-state index contributed by atoms with van der Waals surface area (Å²) < 4.78 is 5.97. The van der Waals surface area contributed by atoms with Crippen molar-refractivity contribution in [3.05, 3.63) is 88.5 Å². The lowest BCUT2D eigenvalue weighted by Crippen LogP contribution is -2.55. The maximum Gasteiger partial charge on any atom is 0.302 e. The van der Waals surface area contributed by atoms with E-state index in [4.69, 9.17) is 4.74 Å². The number of carbonyl (C=O) groups is 1. The van der Waals surface area contributed by atoms with Gasteiger partial charge < -0.3 is 4.74 Å². The molecule has 2 aromatic carbocycles. The van der Waals surface area contributed by atoms with Crippen molar-refractivity contribution in [2.24, 2.45) is 45.3 Å². The van der Waals surface area contributed by atoms with Crippen LogP contribution in [0.25, 0.3) is 5.57 Å². The fourth-order valence-electron chi connectivity index (χ4n) is 11.6. The van der Waals surface area contributed by atoms with Crippen molar-refractivity contribution in [3.63, 3.8) is 0 Å². The topological polar surface area (TPSA) is 26.3 Å². The van der Waals surface area contributed by atoms with Crippen LogP contribution in [0.1, 0.15) is 138 Å². The largest absolute Gasteiger partial charge is 0.462 e. The summed E-state index contributed by atoms with van der Waals surface area (Å²) in [6, 6.07) is 22.6. The molecule has 2 heteroatoms. The van der Waals surface area contributed by atoms with Crippen LogP contribution < -0.4 is 0 Å². The average molecular weight is 635 g/mol. The summed E-state index contributed by atoms with van der Waals surface area (Å²) in [5, 5.41) is 0. The van der Waals surface area contributed by atoms with Crippen molar-refractivity contribution in [3.8, 4) is 0 Å². The molecule has 2 nitrogen and oxygen atoms in total. The zero-order valence-electron chi connectivity index (χ0n) is 31.0. The highest BCUT2D eigenvalue weighted by Gasteiger charge is 2.63. The van der Waals surface area contributed by atoms with E-state index in [1.54, 1.807) is 18.1 Å². The minimum Gasteiger partial charge on any atom is -0.462 e. The molecule has 0 N–H and O–H groups in total. The van der Waals surface area contributed by atoms with Gasteiger partial charge in [-0.15, -0.1) is 0 Å². The first-order valence-electron chi connectivity index (χ1n) is 19.0. The molecule has 6 rings (SSSR count). The molecule has 2 saturated carbocycles. The molecule has 0 bridgehead atoms. The molecule has 0 amide bonds. The molecule has 2 aromatic rings. The van der Waals surface area contributed by atoms with E-state index in [2.05, 4.69) is 116 Å². The number of hydrogen-bond donors (Lipinski definition) is 0. The second kappa shape index (κ2) is 12.7. The van der Waals surface area contributed by atoms with Gasteiger partial charge in [-0.1, -0.05) is 133 Å². The normalized spacial score (nSPS) is 33.4. The van der Waals surface area contributed by atoms with Gasteiger partial charge >= 0.3 is 5.97 Å². The minimum atomic E-state index is -0.127. The fourth-order valence-corrected chi connectivity index (χ4v) is 11.6. The molecule has 2 fully saturated rings. The summed E-state index contributed by atoms with van der Waals surface area (Å²) in [5.74, 6) is 2.37. The fraction of sp³-hybridized carbons (Fsp3) is 0.622. The molecule has 4 aliphatic rings. The minimum absolute atomic E-state index is 0.0135. The Kier molecular flexibility index (Phi) is 9.25. The summed E-state index contributed by atoms with van der Waals surface area (Å²) in [7, 11) is 0. The highest BCUT2D eigenvalue weighted by Crippen LogP contribution is 2.73. The number of fused-ring (bicyclic) bond motifs is 4. The molecule has 0 aliphatic heterocycles. The standard InChI is InChI=1S/C45H62O2/c1-30(2)31(3)20-21-35(41(33-16-12-10-13-17-33)34-18-14-11-15-19-34)36-24-28-45(9)38-22-23-39-42(5,6)40(47-32(4)46)26-27-43(39,7)37(38)25-29-44(36,45)8/h10-19,30-31,36,39-40H,20-29H2,1-9H3/t31-,36-,39-,40-,43-,44+,45+/m1/s1. The number of rotatable bonds is 8. The van der Waals surface area contributed by atoms with Crippen LogP contribution in [0.15, 0.2) is 77.4 Å². The van der Waals surface area contributed by atoms with E-state index >= 15 is 0 Å². The SMILES string of the molecule is CC(=O)O[C@@H]1CC[C@]2(C)C3=C(CC[C@@H]2C1(C)C)[C@]1(C)CC[C@H](C(CC[C@@H](C)C(C)C)=C(c2ccccc2)c2ccccc2)[C@]1(C)CC3. The zero-order valence-corrected chi connectivity index (χ0v) is 31.0. The van der Waals surface area contributed by atoms with E-state index in [1.807, 2.05) is 5.57 Å². The van der Waals surface area contributed by atoms with Gasteiger partial charge in [-0.05, 0) is 121 Å². The van der Waals surface area contributed by atoms with E-state index in [1.165, 1.54) is 68.1 Å². The highest BCUT2D eigenvalue weighted by molar-refractivity contribution is 5.82. The summed E-state index contributed by atoms with van der Waals surface area (Å²) in [5.41, 5.74) is 10.2. The molecule has 0 saturated heterocycles. The maximum atomic E-state index is 12.1. The van der Waals surface area contributed by atoms with E-state index < -0.39 is 0 Å². The molecule has 0 aromatic heterocycles. The van der Waals surface area contributed by atoms with Gasteiger partial charge in [0, 0.05) is 12.3 Å². The summed E-state index contributed by atoms with van der Waals surface area (Å²) in [6.07, 6.45) is 12.0. The molecule has 47 heavy (non-hydrogen) atoms. The van der Waals surface area contributed by atoms with Crippen LogP contribution in [-0.4, -0.2) is 12.1 Å². The first kappa shape index (κ1) is 34.3. The Morgan fingerprint density at radius 2 is 1.40 bits per heavy atom. The number of allylic oxidation sites excluding steroid dienone is 3. The zero-order chi connectivity index (χ0) is 33.8. The van der Waals surface area contributed by atoms with Crippen LogP contribution in [0.5, 0.6) is 0 Å². The molecule has 7 atom stereocenters. The lowest BCUT2D eigenvalue weighted by molar-refractivity contribution is -0.167. The third kappa shape index (κ3) is 5.68. The Morgan fingerprint density at radius 3 is 1.98 bits per heavy atom.